The van der Waals surface area contributed by atoms with E-state index in [1.165, 1.54) is 0 Å². The van der Waals surface area contributed by atoms with Gasteiger partial charge in [-0.2, -0.15) is 0 Å². The van der Waals surface area contributed by atoms with Gasteiger partial charge in [0.15, 0.2) is 8.32 Å². The molecule has 3 heteroatoms. The van der Waals surface area contributed by atoms with Crippen LogP contribution in [0.15, 0.2) is 0 Å². The smallest absolute Gasteiger partial charge is 0.193 e. The fraction of sp³-hybridized carbons (Fsp3) is 1.00. The average molecular weight is 253 g/mol. The summed E-state index contributed by atoms with van der Waals surface area (Å²) in [5.41, 5.74) is 0. The van der Waals surface area contributed by atoms with Gasteiger partial charge in [0.05, 0.1) is 0 Å². The summed E-state index contributed by atoms with van der Waals surface area (Å²) in [7, 11) is -1.59. The summed E-state index contributed by atoms with van der Waals surface area (Å²) in [4.78, 5) is 0. The molecule has 0 aliphatic heterocycles. The van der Waals surface area contributed by atoms with Crippen LogP contribution in [0.4, 0.5) is 0 Å². The maximum Gasteiger partial charge on any atom is 0.193 e. The third-order valence-electron chi connectivity index (χ3n) is 2.30. The number of halogens is 1. The Hall–Kier alpha value is 0.657. The molecule has 0 saturated heterocycles. The Kier molecular flexibility index (Phi) is 3.61. The summed E-state index contributed by atoms with van der Waals surface area (Å²) in [5, 5.41) is 0.290. The molecule has 0 aromatic rings. The lowest BCUT2D eigenvalue weighted by Crippen LogP contribution is -2.45. The fourth-order valence-electron chi connectivity index (χ4n) is 0.760. The fourth-order valence-corrected chi connectivity index (χ4v) is 3.49. The molecule has 1 nitrogen and oxygen atoms in total. The first-order valence-electron chi connectivity index (χ1n) is 4.35. The molecule has 0 rings (SSSR count). The zero-order chi connectivity index (χ0) is 10.2. The Labute approximate surface area is 86.1 Å². The van der Waals surface area contributed by atoms with Crippen LogP contribution in [0.25, 0.3) is 0 Å². The highest BCUT2D eigenvalue weighted by atomic mass is 79.9. The van der Waals surface area contributed by atoms with Crippen LogP contribution in [0.1, 0.15) is 34.6 Å². The van der Waals surface area contributed by atoms with Crippen LogP contribution >= 0.6 is 15.9 Å². The SMILES string of the molecule is CC(C)(Br)O[Si](C)(C)C(C)(C)C. The molecule has 0 N–H and O–H groups in total. The van der Waals surface area contributed by atoms with Crippen molar-refractivity contribution in [2.24, 2.45) is 0 Å². The lowest BCUT2D eigenvalue weighted by molar-refractivity contribution is 0.192. The minimum absolute atomic E-state index is 0.185. The van der Waals surface area contributed by atoms with Crippen molar-refractivity contribution in [1.29, 1.82) is 0 Å². The van der Waals surface area contributed by atoms with Gasteiger partial charge < -0.3 is 4.43 Å². The van der Waals surface area contributed by atoms with Gasteiger partial charge in [-0.3, -0.25) is 0 Å². The molecule has 0 aromatic carbocycles. The molecule has 0 atom stereocenters. The number of rotatable bonds is 2. The Balaban J connectivity index is 4.44. The Morgan fingerprint density at radius 1 is 1.00 bits per heavy atom. The molecular formula is C9H21BrOSi. The highest BCUT2D eigenvalue weighted by Gasteiger charge is 2.40. The van der Waals surface area contributed by atoms with Crippen molar-refractivity contribution >= 4 is 24.2 Å². The first-order chi connectivity index (χ1) is 4.96. The third kappa shape index (κ3) is 4.05. The number of alkyl halides is 1. The van der Waals surface area contributed by atoms with Gasteiger partial charge in [-0.05, 0) is 32.0 Å². The molecule has 0 spiro atoms. The highest BCUT2D eigenvalue weighted by molar-refractivity contribution is 9.10. The molecule has 0 aliphatic rings. The summed E-state index contributed by atoms with van der Waals surface area (Å²) < 4.78 is 5.86. The van der Waals surface area contributed by atoms with Crippen LogP contribution < -0.4 is 0 Å². The molecule has 74 valence electrons. The quantitative estimate of drug-likeness (QED) is 0.531. The van der Waals surface area contributed by atoms with Crippen LogP contribution in [-0.2, 0) is 4.43 Å². The summed E-state index contributed by atoms with van der Waals surface area (Å²) in [6.07, 6.45) is 0. The van der Waals surface area contributed by atoms with Gasteiger partial charge >= 0.3 is 0 Å². The predicted molar refractivity (Wildman–Crippen MR) is 61.3 cm³/mol. The maximum atomic E-state index is 6.05. The molecule has 0 fully saturated rings. The van der Waals surface area contributed by atoms with Gasteiger partial charge in [-0.25, -0.2) is 0 Å². The van der Waals surface area contributed by atoms with Gasteiger partial charge in [0.2, 0.25) is 0 Å². The zero-order valence-electron chi connectivity index (χ0n) is 9.29. The van der Waals surface area contributed by atoms with Crippen molar-refractivity contribution in [1.82, 2.24) is 0 Å². The van der Waals surface area contributed by atoms with E-state index in [0.717, 1.165) is 0 Å². The number of hydrogen-bond acceptors (Lipinski definition) is 1. The normalized spacial score (nSPS) is 15.0. The summed E-state index contributed by atoms with van der Waals surface area (Å²) in [6, 6.07) is 0. The van der Waals surface area contributed by atoms with Crippen molar-refractivity contribution in [2.45, 2.75) is 57.3 Å². The minimum atomic E-state index is -1.59. The summed E-state index contributed by atoms with van der Waals surface area (Å²) >= 11 is 3.52. The van der Waals surface area contributed by atoms with Crippen molar-refractivity contribution in [3.8, 4) is 0 Å². The lowest BCUT2D eigenvalue weighted by Gasteiger charge is -2.40. The monoisotopic (exact) mass is 252 g/mol. The van der Waals surface area contributed by atoms with E-state index in [1.807, 2.05) is 13.8 Å². The topological polar surface area (TPSA) is 9.23 Å². The Morgan fingerprint density at radius 3 is 1.42 bits per heavy atom. The molecule has 0 amide bonds. The third-order valence-corrected chi connectivity index (χ3v) is 7.40. The first kappa shape index (κ1) is 12.7. The van der Waals surface area contributed by atoms with E-state index >= 15 is 0 Å². The van der Waals surface area contributed by atoms with E-state index in [0.29, 0.717) is 0 Å². The van der Waals surface area contributed by atoms with E-state index in [2.05, 4.69) is 49.8 Å². The van der Waals surface area contributed by atoms with E-state index in [1.54, 1.807) is 0 Å². The predicted octanol–water partition coefficient (Wildman–Crippen LogP) is 4.14. The molecule has 0 saturated carbocycles. The van der Waals surface area contributed by atoms with Gasteiger partial charge in [0, 0.05) is 0 Å². The van der Waals surface area contributed by atoms with E-state index in [9.17, 15) is 0 Å². The molecule has 0 aliphatic carbocycles. The van der Waals surface area contributed by atoms with Crippen LogP contribution in [0, 0.1) is 0 Å². The van der Waals surface area contributed by atoms with E-state index in [4.69, 9.17) is 4.43 Å². The summed E-state index contributed by atoms with van der Waals surface area (Å²) in [5.74, 6) is 0. The van der Waals surface area contributed by atoms with Gasteiger partial charge in [0.1, 0.15) is 4.51 Å². The second-order valence-electron chi connectivity index (χ2n) is 5.23. The lowest BCUT2D eigenvalue weighted by atomic mass is 10.2. The summed E-state index contributed by atoms with van der Waals surface area (Å²) in [6.45, 7) is 15.4. The molecule has 12 heavy (non-hydrogen) atoms. The maximum absolute atomic E-state index is 6.05. The second kappa shape index (κ2) is 3.43. The Bertz CT molecular complexity index is 153. The largest absolute Gasteiger partial charge is 0.402 e. The van der Waals surface area contributed by atoms with Crippen LogP contribution in [0.2, 0.25) is 18.1 Å². The van der Waals surface area contributed by atoms with Gasteiger partial charge in [-0.1, -0.05) is 36.7 Å². The second-order valence-corrected chi connectivity index (χ2v) is 11.9. The van der Waals surface area contributed by atoms with Crippen molar-refractivity contribution in [2.75, 3.05) is 0 Å². The minimum Gasteiger partial charge on any atom is -0.402 e. The van der Waals surface area contributed by atoms with Gasteiger partial charge in [-0.15, -0.1) is 0 Å². The first-order valence-corrected chi connectivity index (χ1v) is 8.05. The van der Waals surface area contributed by atoms with Crippen molar-refractivity contribution in [3.05, 3.63) is 0 Å². The number of hydrogen-bond donors (Lipinski definition) is 0. The van der Waals surface area contributed by atoms with Crippen LogP contribution in [0.5, 0.6) is 0 Å². The van der Waals surface area contributed by atoms with Crippen molar-refractivity contribution < 1.29 is 4.43 Å². The molecule has 0 aromatic heterocycles. The molecule has 0 radical (unpaired) electrons. The molecule has 0 unspecified atom stereocenters. The molecular weight excluding hydrogens is 232 g/mol. The average Bonchev–Trinajstić information content (AvgIpc) is 1.52. The molecule has 0 bridgehead atoms. The van der Waals surface area contributed by atoms with Gasteiger partial charge in [0.25, 0.3) is 0 Å². The molecule has 0 heterocycles. The highest BCUT2D eigenvalue weighted by Crippen LogP contribution is 2.40. The van der Waals surface area contributed by atoms with Crippen LogP contribution in [0.3, 0.4) is 0 Å². The van der Waals surface area contributed by atoms with E-state index in [-0.39, 0.29) is 9.55 Å². The Morgan fingerprint density at radius 2 is 1.33 bits per heavy atom. The van der Waals surface area contributed by atoms with Crippen LogP contribution in [-0.4, -0.2) is 12.8 Å². The zero-order valence-corrected chi connectivity index (χ0v) is 11.9. The van der Waals surface area contributed by atoms with E-state index < -0.39 is 8.32 Å². The standard InChI is InChI=1S/C9H21BrOSi/c1-8(2,3)12(6,7)11-9(4,5)10/h1-7H3. The van der Waals surface area contributed by atoms with Crippen molar-refractivity contribution in [3.63, 3.8) is 0 Å².